The van der Waals surface area contributed by atoms with Crippen LogP contribution in [0.25, 0.3) is 0 Å². The van der Waals surface area contributed by atoms with Gasteiger partial charge in [-0.05, 0) is 5.92 Å². The number of nitrogens with zero attached hydrogens (tertiary/aromatic N) is 3. The fraction of sp³-hybridized carbons (Fsp3) is 0.800. The number of rotatable bonds is 3. The van der Waals surface area contributed by atoms with E-state index in [1.165, 1.54) is 0 Å². The summed E-state index contributed by atoms with van der Waals surface area (Å²) in [4.78, 5) is 0. The molecule has 0 N–H and O–H groups in total. The zero-order valence-corrected chi connectivity index (χ0v) is 12.3. The van der Waals surface area contributed by atoms with E-state index >= 15 is 0 Å². The highest BCUT2D eigenvalue weighted by atomic mass is 35.7. The van der Waals surface area contributed by atoms with Gasteiger partial charge in [0.25, 0.3) is 14.2 Å². The molecule has 1 aromatic rings. The molecular formula is C10H18ClN3O2S. The van der Waals surface area contributed by atoms with Gasteiger partial charge in [0, 0.05) is 22.6 Å². The normalized spacial score (nSPS) is 13.4. The highest BCUT2D eigenvalue weighted by Crippen LogP contribution is 2.25. The zero-order valence-electron chi connectivity index (χ0n) is 10.7. The molecule has 0 atom stereocenters. The molecule has 0 bridgehead atoms. The molecule has 5 nitrogen and oxygen atoms in total. The minimum atomic E-state index is -3.86. The Morgan fingerprint density at radius 1 is 1.29 bits per heavy atom. The van der Waals surface area contributed by atoms with Crippen LogP contribution in [0.2, 0.25) is 0 Å². The Morgan fingerprint density at radius 3 is 2.18 bits per heavy atom. The van der Waals surface area contributed by atoms with Gasteiger partial charge in [-0.25, -0.2) is 8.42 Å². The lowest BCUT2D eigenvalue weighted by atomic mass is 9.95. The van der Waals surface area contributed by atoms with Crippen molar-refractivity contribution in [1.82, 2.24) is 14.8 Å². The summed E-state index contributed by atoms with van der Waals surface area (Å²) in [6.07, 6.45) is 0. The van der Waals surface area contributed by atoms with E-state index in [-0.39, 0.29) is 16.5 Å². The number of hydrogen-bond donors (Lipinski definition) is 0. The molecule has 0 radical (unpaired) electrons. The number of aromatic nitrogens is 3. The molecule has 0 saturated heterocycles. The molecule has 7 heteroatoms. The third-order valence-electron chi connectivity index (χ3n) is 2.15. The van der Waals surface area contributed by atoms with Crippen LogP contribution in [-0.2, 0) is 21.0 Å². The standard InChI is InChI=1S/C10H18ClN3O2S/c1-7(2)6-14-8(10(3,4)5)12-13-9(14)17(11,15)16/h7H,6H2,1-5H3. The predicted molar refractivity (Wildman–Crippen MR) is 66.6 cm³/mol. The summed E-state index contributed by atoms with van der Waals surface area (Å²) in [5, 5.41) is 7.49. The topological polar surface area (TPSA) is 64.8 Å². The van der Waals surface area contributed by atoms with Gasteiger partial charge >= 0.3 is 0 Å². The van der Waals surface area contributed by atoms with E-state index in [2.05, 4.69) is 10.2 Å². The molecule has 0 spiro atoms. The average Bonchev–Trinajstić information content (AvgIpc) is 2.43. The van der Waals surface area contributed by atoms with Crippen molar-refractivity contribution >= 4 is 19.7 Å². The molecule has 1 aromatic heterocycles. The lowest BCUT2D eigenvalue weighted by Crippen LogP contribution is -2.22. The second-order valence-electron chi connectivity index (χ2n) is 5.50. The minimum Gasteiger partial charge on any atom is -0.300 e. The second kappa shape index (κ2) is 4.57. The maximum atomic E-state index is 11.4. The number of hydrogen-bond acceptors (Lipinski definition) is 4. The first-order chi connectivity index (χ1) is 7.53. The van der Waals surface area contributed by atoms with E-state index in [9.17, 15) is 8.42 Å². The summed E-state index contributed by atoms with van der Waals surface area (Å²) >= 11 is 0. The van der Waals surface area contributed by atoms with Crippen LogP contribution in [0.1, 0.15) is 40.4 Å². The fourth-order valence-corrected chi connectivity index (χ4v) is 2.46. The molecular weight excluding hydrogens is 262 g/mol. The molecule has 1 rings (SSSR count). The summed E-state index contributed by atoms with van der Waals surface area (Å²) in [5.41, 5.74) is -0.276. The smallest absolute Gasteiger partial charge is 0.296 e. The van der Waals surface area contributed by atoms with Gasteiger partial charge in [0.2, 0.25) is 0 Å². The molecule has 0 aliphatic heterocycles. The van der Waals surface area contributed by atoms with Crippen molar-refractivity contribution < 1.29 is 8.42 Å². The van der Waals surface area contributed by atoms with Gasteiger partial charge in [-0.2, -0.15) is 0 Å². The van der Waals surface area contributed by atoms with Crippen LogP contribution in [0.5, 0.6) is 0 Å². The molecule has 1 heterocycles. The van der Waals surface area contributed by atoms with Crippen molar-refractivity contribution in [1.29, 1.82) is 0 Å². The Morgan fingerprint density at radius 2 is 1.82 bits per heavy atom. The Balaban J connectivity index is 3.41. The highest BCUT2D eigenvalue weighted by molar-refractivity contribution is 8.13. The number of halogens is 1. The van der Waals surface area contributed by atoms with Gasteiger partial charge in [-0.15, -0.1) is 10.2 Å². The van der Waals surface area contributed by atoms with Crippen molar-refractivity contribution in [3.8, 4) is 0 Å². The van der Waals surface area contributed by atoms with Crippen molar-refractivity contribution in [2.24, 2.45) is 5.92 Å². The molecule has 0 aromatic carbocycles. The Bertz CT molecular complexity index is 500. The predicted octanol–water partition coefficient (Wildman–Crippen LogP) is 2.16. The first-order valence-corrected chi connectivity index (χ1v) is 7.72. The van der Waals surface area contributed by atoms with Crippen molar-refractivity contribution in [3.63, 3.8) is 0 Å². The SMILES string of the molecule is CC(C)Cn1c(C(C)(C)C)nnc1S(=O)(=O)Cl. The van der Waals surface area contributed by atoms with Crippen LogP contribution in [-0.4, -0.2) is 23.2 Å². The van der Waals surface area contributed by atoms with Crippen molar-refractivity contribution in [2.75, 3.05) is 0 Å². The van der Waals surface area contributed by atoms with E-state index in [1.54, 1.807) is 4.57 Å². The van der Waals surface area contributed by atoms with Gasteiger partial charge in [0.15, 0.2) is 0 Å². The Kier molecular flexibility index (Phi) is 3.88. The van der Waals surface area contributed by atoms with Crippen LogP contribution in [0, 0.1) is 5.92 Å². The maximum Gasteiger partial charge on any atom is 0.296 e. The van der Waals surface area contributed by atoms with Crippen LogP contribution in [0.3, 0.4) is 0 Å². The molecule has 0 fully saturated rings. The van der Waals surface area contributed by atoms with Gasteiger partial charge in [0.05, 0.1) is 0 Å². The monoisotopic (exact) mass is 279 g/mol. The van der Waals surface area contributed by atoms with Crippen molar-refractivity contribution in [2.45, 2.75) is 51.7 Å². The van der Waals surface area contributed by atoms with Crippen LogP contribution in [0.15, 0.2) is 5.16 Å². The molecule has 17 heavy (non-hydrogen) atoms. The van der Waals surface area contributed by atoms with Crippen LogP contribution < -0.4 is 0 Å². The lowest BCUT2D eigenvalue weighted by Gasteiger charge is -2.20. The lowest BCUT2D eigenvalue weighted by molar-refractivity contribution is 0.429. The highest BCUT2D eigenvalue weighted by Gasteiger charge is 2.28. The van der Waals surface area contributed by atoms with Gasteiger partial charge in [-0.3, -0.25) is 0 Å². The summed E-state index contributed by atoms with van der Waals surface area (Å²) in [5.74, 6) is 0.912. The third kappa shape index (κ3) is 3.42. The van der Waals surface area contributed by atoms with E-state index in [4.69, 9.17) is 10.7 Å². The molecule has 0 unspecified atom stereocenters. The van der Waals surface area contributed by atoms with E-state index in [0.29, 0.717) is 12.4 Å². The van der Waals surface area contributed by atoms with Gasteiger partial charge in [0.1, 0.15) is 5.82 Å². The maximum absolute atomic E-state index is 11.4. The largest absolute Gasteiger partial charge is 0.300 e. The molecule has 0 amide bonds. The second-order valence-corrected chi connectivity index (χ2v) is 7.96. The summed E-state index contributed by atoms with van der Waals surface area (Å²) in [7, 11) is 1.50. The molecule has 0 aliphatic rings. The summed E-state index contributed by atoms with van der Waals surface area (Å²) < 4.78 is 24.4. The Labute approximate surface area is 107 Å². The third-order valence-corrected chi connectivity index (χ3v) is 3.31. The summed E-state index contributed by atoms with van der Waals surface area (Å²) in [6, 6.07) is 0. The van der Waals surface area contributed by atoms with E-state index in [1.807, 2.05) is 34.6 Å². The minimum absolute atomic E-state index is 0.169. The van der Waals surface area contributed by atoms with E-state index in [0.717, 1.165) is 0 Å². The van der Waals surface area contributed by atoms with Gasteiger partial charge < -0.3 is 4.57 Å². The molecule has 98 valence electrons. The van der Waals surface area contributed by atoms with Gasteiger partial charge in [-0.1, -0.05) is 34.6 Å². The quantitative estimate of drug-likeness (QED) is 0.796. The first-order valence-electron chi connectivity index (χ1n) is 5.42. The van der Waals surface area contributed by atoms with E-state index < -0.39 is 9.05 Å². The van der Waals surface area contributed by atoms with Crippen LogP contribution >= 0.6 is 10.7 Å². The molecule has 0 aliphatic carbocycles. The zero-order chi connectivity index (χ0) is 13.4. The Hall–Kier alpha value is -0.620. The first kappa shape index (κ1) is 14.4. The fourth-order valence-electron chi connectivity index (χ4n) is 1.55. The van der Waals surface area contributed by atoms with Crippen LogP contribution in [0.4, 0.5) is 0 Å². The molecule has 0 saturated carbocycles. The summed E-state index contributed by atoms with van der Waals surface area (Å²) in [6.45, 7) is 10.4. The van der Waals surface area contributed by atoms with Crippen molar-refractivity contribution in [3.05, 3.63) is 5.82 Å². The average molecular weight is 280 g/mol.